The minimum Gasteiger partial charge on any atom is -0.504 e. The Balaban J connectivity index is 1.64. The monoisotopic (exact) mass is 384 g/mol. The van der Waals surface area contributed by atoms with Crippen LogP contribution in [-0.4, -0.2) is 37.0 Å². The van der Waals surface area contributed by atoms with Gasteiger partial charge in [-0.05, 0) is 46.9 Å². The van der Waals surface area contributed by atoms with Crippen LogP contribution < -0.4 is 19.6 Å². The molecule has 0 spiro atoms. The molecule has 1 unspecified atom stereocenters. The number of hydrogen-bond acceptors (Lipinski definition) is 6. The molecule has 2 aromatic carbocycles. The SMILES string of the molecule is COc1cc(/C=N/NC(=O)C2COc3ccc(C(C)(C)C)cc3O2)ccc1O. The lowest BCUT2D eigenvalue weighted by Gasteiger charge is -2.27. The number of hydrazone groups is 1. The van der Waals surface area contributed by atoms with Crippen LogP contribution in [0.2, 0.25) is 0 Å². The van der Waals surface area contributed by atoms with Crippen molar-refractivity contribution >= 4 is 12.1 Å². The van der Waals surface area contributed by atoms with Crippen LogP contribution in [0.25, 0.3) is 0 Å². The lowest BCUT2D eigenvalue weighted by molar-refractivity contribution is -0.130. The summed E-state index contributed by atoms with van der Waals surface area (Å²) in [6.07, 6.45) is 0.657. The number of rotatable bonds is 4. The summed E-state index contributed by atoms with van der Waals surface area (Å²) >= 11 is 0. The second-order valence-corrected chi connectivity index (χ2v) is 7.49. The highest BCUT2D eigenvalue weighted by molar-refractivity contribution is 5.85. The number of methoxy groups -OCH3 is 1. The van der Waals surface area contributed by atoms with Crippen molar-refractivity contribution in [1.82, 2.24) is 5.43 Å². The van der Waals surface area contributed by atoms with E-state index in [4.69, 9.17) is 14.2 Å². The molecule has 0 saturated heterocycles. The normalized spacial score (nSPS) is 16.1. The largest absolute Gasteiger partial charge is 0.504 e. The van der Waals surface area contributed by atoms with Gasteiger partial charge in [-0.25, -0.2) is 5.43 Å². The molecule has 1 aliphatic rings. The molecule has 0 aliphatic carbocycles. The first-order valence-corrected chi connectivity index (χ1v) is 8.92. The Morgan fingerprint density at radius 2 is 2.04 bits per heavy atom. The first-order valence-electron chi connectivity index (χ1n) is 8.92. The van der Waals surface area contributed by atoms with Gasteiger partial charge in [0.2, 0.25) is 6.10 Å². The third-order valence-electron chi connectivity index (χ3n) is 4.35. The van der Waals surface area contributed by atoms with Gasteiger partial charge < -0.3 is 19.3 Å². The lowest BCUT2D eigenvalue weighted by Crippen LogP contribution is -2.42. The fourth-order valence-electron chi connectivity index (χ4n) is 2.68. The Bertz CT molecular complexity index is 902. The van der Waals surface area contributed by atoms with E-state index in [0.29, 0.717) is 22.8 Å². The molecule has 0 aromatic heterocycles. The second kappa shape index (κ2) is 7.80. The number of phenolic OH excluding ortho intramolecular Hbond substituents is 1. The molecule has 1 amide bonds. The van der Waals surface area contributed by atoms with Gasteiger partial charge in [0, 0.05) is 0 Å². The molecule has 7 nitrogen and oxygen atoms in total. The van der Waals surface area contributed by atoms with E-state index in [1.54, 1.807) is 12.1 Å². The maximum absolute atomic E-state index is 12.4. The van der Waals surface area contributed by atoms with Crippen molar-refractivity contribution in [2.75, 3.05) is 13.7 Å². The molecule has 1 aliphatic heterocycles. The fraction of sp³-hybridized carbons (Fsp3) is 0.333. The predicted octanol–water partition coefficient (Wildman–Crippen LogP) is 2.99. The maximum atomic E-state index is 12.4. The van der Waals surface area contributed by atoms with E-state index >= 15 is 0 Å². The molecule has 0 fully saturated rings. The van der Waals surface area contributed by atoms with Crippen LogP contribution in [0.1, 0.15) is 31.9 Å². The van der Waals surface area contributed by atoms with Crippen molar-refractivity contribution in [2.24, 2.45) is 5.10 Å². The van der Waals surface area contributed by atoms with Crippen molar-refractivity contribution in [2.45, 2.75) is 32.3 Å². The van der Waals surface area contributed by atoms with E-state index in [2.05, 4.69) is 31.3 Å². The maximum Gasteiger partial charge on any atom is 0.284 e. The van der Waals surface area contributed by atoms with Crippen molar-refractivity contribution in [3.8, 4) is 23.0 Å². The number of benzene rings is 2. The summed E-state index contributed by atoms with van der Waals surface area (Å²) in [4.78, 5) is 12.4. The van der Waals surface area contributed by atoms with E-state index in [0.717, 1.165) is 5.56 Å². The van der Waals surface area contributed by atoms with Crippen LogP contribution in [0, 0.1) is 0 Å². The number of fused-ring (bicyclic) bond motifs is 1. The standard InChI is InChI=1S/C21H24N2O5/c1-21(2,3)14-6-8-16-18(10-14)28-19(12-27-16)20(25)23-22-11-13-5-7-15(24)17(9-13)26-4/h5-11,19,24H,12H2,1-4H3,(H,23,25)/b22-11+. The minimum absolute atomic E-state index is 0.0322. The molecule has 0 bridgehead atoms. The minimum atomic E-state index is -0.797. The average molecular weight is 384 g/mol. The Morgan fingerprint density at radius 3 is 2.75 bits per heavy atom. The van der Waals surface area contributed by atoms with Crippen molar-refractivity contribution < 1.29 is 24.1 Å². The van der Waals surface area contributed by atoms with Gasteiger partial charge in [-0.3, -0.25) is 4.79 Å². The highest BCUT2D eigenvalue weighted by Gasteiger charge is 2.28. The first-order chi connectivity index (χ1) is 13.3. The average Bonchev–Trinajstić information content (AvgIpc) is 2.67. The third-order valence-corrected chi connectivity index (χ3v) is 4.35. The van der Waals surface area contributed by atoms with Crippen molar-refractivity contribution in [3.63, 3.8) is 0 Å². The molecule has 28 heavy (non-hydrogen) atoms. The quantitative estimate of drug-likeness (QED) is 0.625. The Kier molecular flexibility index (Phi) is 5.44. The number of nitrogens with zero attached hydrogens (tertiary/aromatic N) is 1. The summed E-state index contributed by atoms with van der Waals surface area (Å²) in [7, 11) is 1.46. The zero-order chi connectivity index (χ0) is 20.3. The molecule has 7 heteroatoms. The molecular formula is C21H24N2O5. The Morgan fingerprint density at radius 1 is 1.25 bits per heavy atom. The van der Waals surface area contributed by atoms with Gasteiger partial charge in [-0.15, -0.1) is 0 Å². The molecule has 0 radical (unpaired) electrons. The molecule has 2 N–H and O–H groups in total. The third kappa shape index (κ3) is 4.36. The van der Waals surface area contributed by atoms with Gasteiger partial charge in [0.1, 0.15) is 6.61 Å². The van der Waals surface area contributed by atoms with Crippen molar-refractivity contribution in [1.29, 1.82) is 0 Å². The topological polar surface area (TPSA) is 89.4 Å². The van der Waals surface area contributed by atoms with Gasteiger partial charge in [-0.1, -0.05) is 26.8 Å². The highest BCUT2D eigenvalue weighted by Crippen LogP contribution is 2.36. The number of carbonyl (C=O) groups is 1. The van der Waals surface area contributed by atoms with Gasteiger partial charge in [-0.2, -0.15) is 5.10 Å². The van der Waals surface area contributed by atoms with Crippen LogP contribution in [0.5, 0.6) is 23.0 Å². The molecule has 1 atom stereocenters. The summed E-state index contributed by atoms with van der Waals surface area (Å²) in [5.74, 6) is 1.12. The van der Waals surface area contributed by atoms with Crippen molar-refractivity contribution in [3.05, 3.63) is 47.5 Å². The Hall–Kier alpha value is -3.22. The molecular weight excluding hydrogens is 360 g/mol. The molecule has 148 valence electrons. The number of nitrogens with one attached hydrogen (secondary N) is 1. The second-order valence-electron chi connectivity index (χ2n) is 7.49. The Labute approximate surface area is 163 Å². The molecule has 0 saturated carbocycles. The van der Waals surface area contributed by atoms with E-state index in [9.17, 15) is 9.90 Å². The van der Waals surface area contributed by atoms with Crippen LogP contribution >= 0.6 is 0 Å². The van der Waals surface area contributed by atoms with Crippen LogP contribution in [0.15, 0.2) is 41.5 Å². The highest BCUT2D eigenvalue weighted by atomic mass is 16.6. The van der Waals surface area contributed by atoms with E-state index < -0.39 is 12.0 Å². The molecule has 2 aromatic rings. The zero-order valence-corrected chi connectivity index (χ0v) is 16.4. The van der Waals surface area contributed by atoms with E-state index in [-0.39, 0.29) is 17.8 Å². The van der Waals surface area contributed by atoms with E-state index in [1.807, 2.05) is 18.2 Å². The summed E-state index contributed by atoms with van der Waals surface area (Å²) in [6, 6.07) is 10.5. The number of ether oxygens (including phenoxy) is 3. The molecule has 3 rings (SSSR count). The lowest BCUT2D eigenvalue weighted by atomic mass is 9.87. The van der Waals surface area contributed by atoms with Crippen LogP contribution in [0.3, 0.4) is 0 Å². The first kappa shape index (κ1) is 19.5. The van der Waals surface area contributed by atoms with Gasteiger partial charge in [0.25, 0.3) is 5.91 Å². The predicted molar refractivity (Wildman–Crippen MR) is 105 cm³/mol. The summed E-state index contributed by atoms with van der Waals surface area (Å²) in [5.41, 5.74) is 4.17. The molecule has 1 heterocycles. The van der Waals surface area contributed by atoms with Crippen LogP contribution in [-0.2, 0) is 10.2 Å². The smallest absolute Gasteiger partial charge is 0.284 e. The van der Waals surface area contributed by atoms with Gasteiger partial charge >= 0.3 is 0 Å². The fourth-order valence-corrected chi connectivity index (χ4v) is 2.68. The zero-order valence-electron chi connectivity index (χ0n) is 16.4. The summed E-state index contributed by atoms with van der Waals surface area (Å²) in [5, 5.41) is 13.5. The van der Waals surface area contributed by atoms with E-state index in [1.165, 1.54) is 19.4 Å². The van der Waals surface area contributed by atoms with Crippen LogP contribution in [0.4, 0.5) is 0 Å². The number of carbonyl (C=O) groups excluding carboxylic acids is 1. The number of amides is 1. The van der Waals surface area contributed by atoms with Gasteiger partial charge in [0.15, 0.2) is 23.0 Å². The number of phenols is 1. The number of aromatic hydroxyl groups is 1. The summed E-state index contributed by atoms with van der Waals surface area (Å²) < 4.78 is 16.5. The van der Waals surface area contributed by atoms with Gasteiger partial charge in [0.05, 0.1) is 13.3 Å². The number of hydrogen-bond donors (Lipinski definition) is 2. The summed E-state index contributed by atoms with van der Waals surface area (Å²) in [6.45, 7) is 6.43.